The highest BCUT2D eigenvalue weighted by atomic mass is 16.5. The Morgan fingerprint density at radius 1 is 1.20 bits per heavy atom. The zero-order chi connectivity index (χ0) is 14.0. The molecule has 3 fully saturated rings. The molecule has 1 saturated carbocycles. The molecule has 3 aliphatic rings. The third-order valence-electron chi connectivity index (χ3n) is 6.22. The van der Waals surface area contributed by atoms with E-state index >= 15 is 0 Å². The minimum Gasteiger partial charge on any atom is -0.378 e. The van der Waals surface area contributed by atoms with Gasteiger partial charge < -0.3 is 10.5 Å². The molecule has 4 atom stereocenters. The van der Waals surface area contributed by atoms with Gasteiger partial charge in [-0.2, -0.15) is 0 Å². The lowest BCUT2D eigenvalue weighted by Gasteiger charge is -2.56. The average Bonchev–Trinajstić information content (AvgIpc) is 2.54. The first-order chi connectivity index (χ1) is 9.79. The van der Waals surface area contributed by atoms with Crippen molar-refractivity contribution in [3.8, 4) is 0 Å². The van der Waals surface area contributed by atoms with Gasteiger partial charge in [0.2, 0.25) is 0 Å². The van der Waals surface area contributed by atoms with Crippen molar-refractivity contribution in [1.82, 2.24) is 4.90 Å². The van der Waals surface area contributed by atoms with Crippen molar-refractivity contribution in [2.45, 2.75) is 82.4 Å². The summed E-state index contributed by atoms with van der Waals surface area (Å²) in [5, 5.41) is 0. The Morgan fingerprint density at radius 3 is 2.80 bits per heavy atom. The van der Waals surface area contributed by atoms with E-state index in [1.54, 1.807) is 0 Å². The minimum absolute atomic E-state index is 0.236. The highest BCUT2D eigenvalue weighted by Gasteiger charge is 2.46. The van der Waals surface area contributed by atoms with Crippen LogP contribution in [0.4, 0.5) is 0 Å². The first-order valence-corrected chi connectivity index (χ1v) is 8.87. The molecule has 0 spiro atoms. The zero-order valence-electron chi connectivity index (χ0n) is 13.2. The summed E-state index contributed by atoms with van der Waals surface area (Å²) in [5.41, 5.74) is 6.55. The summed E-state index contributed by atoms with van der Waals surface area (Å²) in [4.78, 5) is 2.85. The molecule has 2 heterocycles. The summed E-state index contributed by atoms with van der Waals surface area (Å²) in [6, 6.07) is 0.816. The molecular weight excluding hydrogens is 248 g/mol. The normalized spacial score (nSPS) is 43.2. The smallest absolute Gasteiger partial charge is 0.0590 e. The number of hydrogen-bond acceptors (Lipinski definition) is 3. The maximum Gasteiger partial charge on any atom is 0.0590 e. The Bertz CT molecular complexity index is 320. The first-order valence-electron chi connectivity index (χ1n) is 8.87. The minimum atomic E-state index is 0.236. The Kier molecular flexibility index (Phi) is 4.68. The van der Waals surface area contributed by atoms with Crippen LogP contribution in [0.25, 0.3) is 0 Å². The topological polar surface area (TPSA) is 38.5 Å². The summed E-state index contributed by atoms with van der Waals surface area (Å²) in [5.74, 6) is 0.948. The van der Waals surface area contributed by atoms with Crippen molar-refractivity contribution < 1.29 is 4.74 Å². The predicted octanol–water partition coefficient (Wildman–Crippen LogP) is 2.93. The van der Waals surface area contributed by atoms with E-state index in [9.17, 15) is 0 Å². The number of fused-ring (bicyclic) bond motifs is 1. The number of ether oxygens (including phenoxy) is 1. The molecule has 1 aliphatic carbocycles. The summed E-state index contributed by atoms with van der Waals surface area (Å²) < 4.78 is 5.93. The zero-order valence-corrected chi connectivity index (χ0v) is 13.2. The van der Waals surface area contributed by atoms with E-state index < -0.39 is 0 Å². The van der Waals surface area contributed by atoms with E-state index in [2.05, 4.69) is 11.8 Å². The van der Waals surface area contributed by atoms with Gasteiger partial charge in [0.15, 0.2) is 0 Å². The Labute approximate surface area is 124 Å². The van der Waals surface area contributed by atoms with Crippen LogP contribution < -0.4 is 5.73 Å². The van der Waals surface area contributed by atoms with Gasteiger partial charge in [-0.25, -0.2) is 0 Å². The molecule has 0 aromatic carbocycles. The molecule has 2 saturated heterocycles. The highest BCUT2D eigenvalue weighted by molar-refractivity contribution is 5.02. The molecule has 0 aromatic rings. The SMILES string of the molecule is CCC1CC(CN)(N2CCC[C@H]3CCCC[C@H]32)CCO1. The fourth-order valence-corrected chi connectivity index (χ4v) is 5.04. The Morgan fingerprint density at radius 2 is 2.00 bits per heavy atom. The molecule has 116 valence electrons. The second-order valence-corrected chi connectivity index (χ2v) is 7.23. The van der Waals surface area contributed by atoms with E-state index in [1.807, 2.05) is 0 Å². The van der Waals surface area contributed by atoms with Crippen LogP contribution in [0.1, 0.15) is 64.7 Å². The third kappa shape index (κ3) is 2.65. The second-order valence-electron chi connectivity index (χ2n) is 7.23. The maximum absolute atomic E-state index is 6.31. The Balaban J connectivity index is 1.79. The van der Waals surface area contributed by atoms with Crippen molar-refractivity contribution in [2.24, 2.45) is 11.7 Å². The van der Waals surface area contributed by atoms with Gasteiger partial charge in [-0.05, 0) is 57.4 Å². The standard InChI is InChI=1S/C17H32N2O/c1-2-15-12-17(13-18,9-11-20-15)19-10-5-7-14-6-3-4-8-16(14)19/h14-16H,2-13,18H2,1H3/t14-,15?,16-,17?/m1/s1. The van der Waals surface area contributed by atoms with E-state index in [4.69, 9.17) is 10.5 Å². The summed E-state index contributed by atoms with van der Waals surface area (Å²) >= 11 is 0. The van der Waals surface area contributed by atoms with E-state index in [1.165, 1.54) is 45.1 Å². The van der Waals surface area contributed by atoms with Crippen LogP contribution in [0.15, 0.2) is 0 Å². The molecule has 3 nitrogen and oxygen atoms in total. The number of piperidine rings is 1. The number of likely N-dealkylation sites (tertiary alicyclic amines) is 1. The summed E-state index contributed by atoms with van der Waals surface area (Å²) in [6.07, 6.45) is 12.4. The van der Waals surface area contributed by atoms with E-state index in [-0.39, 0.29) is 5.54 Å². The van der Waals surface area contributed by atoms with E-state index in [0.717, 1.165) is 44.4 Å². The van der Waals surface area contributed by atoms with Crippen LogP contribution in [-0.4, -0.2) is 42.3 Å². The maximum atomic E-state index is 6.31. The number of rotatable bonds is 3. The van der Waals surface area contributed by atoms with Crippen LogP contribution >= 0.6 is 0 Å². The molecule has 0 amide bonds. The molecule has 0 bridgehead atoms. The molecular formula is C17H32N2O. The third-order valence-corrected chi connectivity index (χ3v) is 6.22. The lowest BCUT2D eigenvalue weighted by atomic mass is 9.73. The van der Waals surface area contributed by atoms with Gasteiger partial charge in [-0.15, -0.1) is 0 Å². The van der Waals surface area contributed by atoms with Gasteiger partial charge >= 0.3 is 0 Å². The van der Waals surface area contributed by atoms with Crippen molar-refractivity contribution in [3.63, 3.8) is 0 Å². The molecule has 3 rings (SSSR count). The predicted molar refractivity (Wildman–Crippen MR) is 82.7 cm³/mol. The van der Waals surface area contributed by atoms with Crippen LogP contribution in [0.5, 0.6) is 0 Å². The highest BCUT2D eigenvalue weighted by Crippen LogP contribution is 2.42. The number of hydrogen-bond donors (Lipinski definition) is 1. The molecule has 0 radical (unpaired) electrons. The second kappa shape index (κ2) is 6.33. The van der Waals surface area contributed by atoms with Crippen molar-refractivity contribution in [1.29, 1.82) is 0 Å². The largest absolute Gasteiger partial charge is 0.378 e. The number of nitrogens with zero attached hydrogens (tertiary/aromatic N) is 1. The Hall–Kier alpha value is -0.120. The van der Waals surface area contributed by atoms with E-state index in [0.29, 0.717) is 6.10 Å². The summed E-state index contributed by atoms with van der Waals surface area (Å²) in [7, 11) is 0. The van der Waals surface area contributed by atoms with Gasteiger partial charge in [0.25, 0.3) is 0 Å². The van der Waals surface area contributed by atoms with Gasteiger partial charge in [-0.1, -0.05) is 19.8 Å². The van der Waals surface area contributed by atoms with Crippen LogP contribution in [-0.2, 0) is 4.74 Å². The molecule has 2 aliphatic heterocycles. The van der Waals surface area contributed by atoms with Crippen LogP contribution in [0.2, 0.25) is 0 Å². The van der Waals surface area contributed by atoms with Gasteiger partial charge in [-0.3, -0.25) is 4.90 Å². The van der Waals surface area contributed by atoms with Crippen LogP contribution in [0.3, 0.4) is 0 Å². The summed E-state index contributed by atoms with van der Waals surface area (Å²) in [6.45, 7) is 5.24. The van der Waals surface area contributed by atoms with Gasteiger partial charge in [0.05, 0.1) is 6.10 Å². The van der Waals surface area contributed by atoms with Gasteiger partial charge in [0, 0.05) is 24.7 Å². The van der Waals surface area contributed by atoms with Crippen molar-refractivity contribution in [2.75, 3.05) is 19.7 Å². The monoisotopic (exact) mass is 280 g/mol. The molecule has 2 unspecified atom stereocenters. The van der Waals surface area contributed by atoms with Crippen molar-refractivity contribution in [3.05, 3.63) is 0 Å². The fourth-order valence-electron chi connectivity index (χ4n) is 5.04. The lowest BCUT2D eigenvalue weighted by Crippen LogP contribution is -2.64. The fraction of sp³-hybridized carbons (Fsp3) is 1.00. The molecule has 3 heteroatoms. The van der Waals surface area contributed by atoms with Crippen molar-refractivity contribution >= 4 is 0 Å². The molecule has 2 N–H and O–H groups in total. The molecule has 20 heavy (non-hydrogen) atoms. The van der Waals surface area contributed by atoms with Crippen LogP contribution in [0, 0.1) is 5.92 Å². The first kappa shape index (κ1) is 14.8. The average molecular weight is 280 g/mol. The lowest BCUT2D eigenvalue weighted by molar-refractivity contribution is -0.107. The molecule has 0 aromatic heterocycles. The number of nitrogens with two attached hydrogens (primary N) is 1. The quantitative estimate of drug-likeness (QED) is 0.864. The van der Waals surface area contributed by atoms with Gasteiger partial charge in [0.1, 0.15) is 0 Å².